The standard InChI is InChI=1S/C13H14F3NO.C2HF3O2/c14-13(15,16)9-2-1-3-10(4-9)18-11-5-12(6-11)7-17-8-12;3-2(4,5)1(6)7/h1-4,11,17H,5-8H2;(H,6,7). The van der Waals surface area contributed by atoms with Crippen molar-refractivity contribution >= 4 is 5.97 Å². The molecule has 1 aliphatic heterocycles. The molecule has 1 heterocycles. The van der Waals surface area contributed by atoms with Gasteiger partial charge in [-0.15, -0.1) is 0 Å². The van der Waals surface area contributed by atoms with Crippen LogP contribution in [0.25, 0.3) is 0 Å². The van der Waals surface area contributed by atoms with Crippen molar-refractivity contribution in [2.24, 2.45) is 5.41 Å². The number of alkyl halides is 6. The van der Waals surface area contributed by atoms with E-state index in [-0.39, 0.29) is 6.10 Å². The summed E-state index contributed by atoms with van der Waals surface area (Å²) in [4.78, 5) is 8.90. The first-order chi connectivity index (χ1) is 11.4. The van der Waals surface area contributed by atoms with Crippen LogP contribution < -0.4 is 10.1 Å². The topological polar surface area (TPSA) is 58.6 Å². The Hall–Kier alpha value is -1.97. The van der Waals surface area contributed by atoms with Crippen molar-refractivity contribution in [2.45, 2.75) is 31.3 Å². The molecule has 1 aromatic rings. The summed E-state index contributed by atoms with van der Waals surface area (Å²) in [7, 11) is 0. The second kappa shape index (κ2) is 6.74. The first-order valence-electron chi connectivity index (χ1n) is 7.26. The molecule has 4 nitrogen and oxygen atoms in total. The molecule has 140 valence electrons. The molecular formula is C15H15F6NO3. The van der Waals surface area contributed by atoms with Crippen LogP contribution in [0.5, 0.6) is 5.75 Å². The molecule has 3 rings (SSSR count). The monoisotopic (exact) mass is 371 g/mol. The van der Waals surface area contributed by atoms with Gasteiger partial charge < -0.3 is 15.2 Å². The molecule has 2 N–H and O–H groups in total. The molecule has 1 aliphatic carbocycles. The number of hydrogen-bond acceptors (Lipinski definition) is 3. The van der Waals surface area contributed by atoms with Crippen molar-refractivity contribution in [3.63, 3.8) is 0 Å². The predicted octanol–water partition coefficient (Wildman–Crippen LogP) is 3.47. The van der Waals surface area contributed by atoms with Gasteiger partial charge in [0.25, 0.3) is 0 Å². The molecule has 0 atom stereocenters. The Morgan fingerprint density at radius 3 is 2.12 bits per heavy atom. The molecule has 0 unspecified atom stereocenters. The lowest BCUT2D eigenvalue weighted by Crippen LogP contribution is -2.62. The molecular weight excluding hydrogens is 356 g/mol. The molecule has 0 radical (unpaired) electrons. The smallest absolute Gasteiger partial charge is 0.490 e. The highest BCUT2D eigenvalue weighted by atomic mass is 19.4. The van der Waals surface area contributed by atoms with Gasteiger partial charge in [-0.3, -0.25) is 0 Å². The van der Waals surface area contributed by atoms with Crippen LogP contribution in [0.2, 0.25) is 0 Å². The molecule has 1 spiro atoms. The number of benzene rings is 1. The molecule has 25 heavy (non-hydrogen) atoms. The van der Waals surface area contributed by atoms with Crippen LogP contribution in [0, 0.1) is 5.41 Å². The summed E-state index contributed by atoms with van der Waals surface area (Å²) in [5, 5.41) is 10.3. The quantitative estimate of drug-likeness (QED) is 0.782. The van der Waals surface area contributed by atoms with E-state index in [1.54, 1.807) is 6.07 Å². The van der Waals surface area contributed by atoms with Crippen LogP contribution in [0.15, 0.2) is 24.3 Å². The Labute approximate surface area is 138 Å². The molecule has 2 aliphatic rings. The number of rotatable bonds is 2. The molecule has 0 bridgehead atoms. The minimum atomic E-state index is -5.08. The third-order valence-corrected chi connectivity index (χ3v) is 4.03. The Balaban J connectivity index is 0.000000277. The van der Waals surface area contributed by atoms with E-state index in [4.69, 9.17) is 14.6 Å². The zero-order chi connectivity index (χ0) is 18.9. The van der Waals surface area contributed by atoms with Crippen LogP contribution in [0.4, 0.5) is 26.3 Å². The molecule has 1 saturated heterocycles. The van der Waals surface area contributed by atoms with Crippen molar-refractivity contribution in [2.75, 3.05) is 13.1 Å². The number of carbonyl (C=O) groups is 1. The Bertz CT molecular complexity index is 616. The Kier molecular flexibility index (Phi) is 5.22. The van der Waals surface area contributed by atoms with E-state index in [2.05, 4.69) is 5.32 Å². The molecule has 1 saturated carbocycles. The highest BCUT2D eigenvalue weighted by Crippen LogP contribution is 2.46. The van der Waals surface area contributed by atoms with Gasteiger partial charge in [0.1, 0.15) is 5.75 Å². The molecule has 2 fully saturated rings. The summed E-state index contributed by atoms with van der Waals surface area (Å²) in [6.45, 7) is 2.02. The SMILES string of the molecule is FC(F)(F)c1cccc(OC2CC3(CNC3)C2)c1.O=C(O)C(F)(F)F. The van der Waals surface area contributed by atoms with Gasteiger partial charge in [0.05, 0.1) is 11.7 Å². The van der Waals surface area contributed by atoms with Gasteiger partial charge in [-0.25, -0.2) is 4.79 Å². The second-order valence-corrected chi connectivity index (χ2v) is 6.08. The average Bonchev–Trinajstić information content (AvgIpc) is 2.39. The molecule has 0 aromatic heterocycles. The maximum atomic E-state index is 12.5. The Morgan fingerprint density at radius 2 is 1.72 bits per heavy atom. The largest absolute Gasteiger partial charge is 0.490 e. The first-order valence-corrected chi connectivity index (χ1v) is 7.26. The summed E-state index contributed by atoms with van der Waals surface area (Å²) in [6, 6.07) is 5.10. The predicted molar refractivity (Wildman–Crippen MR) is 74.1 cm³/mol. The molecule has 1 aromatic carbocycles. The normalized spacial score (nSPS) is 19.3. The summed E-state index contributed by atoms with van der Waals surface area (Å²) >= 11 is 0. The zero-order valence-electron chi connectivity index (χ0n) is 12.7. The van der Waals surface area contributed by atoms with Crippen molar-refractivity contribution < 1.29 is 41.0 Å². The van der Waals surface area contributed by atoms with Crippen molar-refractivity contribution in [3.8, 4) is 5.75 Å². The highest BCUT2D eigenvalue weighted by Gasteiger charge is 2.49. The van der Waals surface area contributed by atoms with Gasteiger partial charge in [-0.05, 0) is 31.0 Å². The Morgan fingerprint density at radius 1 is 1.16 bits per heavy atom. The summed E-state index contributed by atoms with van der Waals surface area (Å²) < 4.78 is 74.9. The fourth-order valence-corrected chi connectivity index (χ4v) is 2.69. The zero-order valence-corrected chi connectivity index (χ0v) is 12.7. The lowest BCUT2D eigenvalue weighted by Gasteiger charge is -2.53. The number of carboxylic acids is 1. The number of aliphatic carboxylic acids is 1. The van der Waals surface area contributed by atoms with Crippen molar-refractivity contribution in [1.29, 1.82) is 0 Å². The van der Waals surface area contributed by atoms with Gasteiger partial charge in [-0.2, -0.15) is 26.3 Å². The third-order valence-electron chi connectivity index (χ3n) is 4.03. The fourth-order valence-electron chi connectivity index (χ4n) is 2.69. The van der Waals surface area contributed by atoms with E-state index in [0.717, 1.165) is 38.1 Å². The van der Waals surface area contributed by atoms with E-state index < -0.39 is 23.9 Å². The van der Waals surface area contributed by atoms with Crippen molar-refractivity contribution in [1.82, 2.24) is 5.32 Å². The highest BCUT2D eigenvalue weighted by molar-refractivity contribution is 5.73. The van der Waals surface area contributed by atoms with Gasteiger partial charge in [-0.1, -0.05) is 6.07 Å². The molecule has 0 amide bonds. The van der Waals surface area contributed by atoms with Crippen LogP contribution >= 0.6 is 0 Å². The molecule has 10 heteroatoms. The van der Waals surface area contributed by atoms with Crippen LogP contribution in [-0.2, 0) is 11.0 Å². The average molecular weight is 371 g/mol. The summed E-state index contributed by atoms with van der Waals surface area (Å²) in [5.41, 5.74) is -0.286. The number of halogens is 6. The van der Waals surface area contributed by atoms with Gasteiger partial charge in [0, 0.05) is 18.5 Å². The third kappa shape index (κ3) is 5.00. The number of carboxylic acid groups (broad SMARTS) is 1. The minimum absolute atomic E-state index is 0.0654. The van der Waals surface area contributed by atoms with Gasteiger partial charge >= 0.3 is 18.3 Å². The number of hydrogen-bond donors (Lipinski definition) is 2. The van der Waals surface area contributed by atoms with Crippen LogP contribution in [-0.4, -0.2) is 36.4 Å². The van der Waals surface area contributed by atoms with Gasteiger partial charge in [0.2, 0.25) is 0 Å². The van der Waals surface area contributed by atoms with E-state index in [1.807, 2.05) is 0 Å². The maximum absolute atomic E-state index is 12.5. The van der Waals surface area contributed by atoms with Gasteiger partial charge in [0.15, 0.2) is 0 Å². The van der Waals surface area contributed by atoms with E-state index in [0.29, 0.717) is 11.2 Å². The van der Waals surface area contributed by atoms with E-state index in [9.17, 15) is 26.3 Å². The minimum Gasteiger partial charge on any atom is -0.490 e. The summed E-state index contributed by atoms with van der Waals surface area (Å²) in [5.74, 6) is -2.44. The maximum Gasteiger partial charge on any atom is 0.490 e. The lowest BCUT2D eigenvalue weighted by molar-refractivity contribution is -0.192. The first kappa shape index (κ1) is 19.4. The number of nitrogens with one attached hydrogen (secondary N) is 1. The summed E-state index contributed by atoms with van der Waals surface area (Å²) in [6.07, 6.45) is -7.44. The number of ether oxygens (including phenoxy) is 1. The van der Waals surface area contributed by atoms with Crippen LogP contribution in [0.1, 0.15) is 18.4 Å². The van der Waals surface area contributed by atoms with E-state index >= 15 is 0 Å². The fraction of sp³-hybridized carbons (Fsp3) is 0.533. The second-order valence-electron chi connectivity index (χ2n) is 6.08. The van der Waals surface area contributed by atoms with Crippen molar-refractivity contribution in [3.05, 3.63) is 29.8 Å². The lowest BCUT2D eigenvalue weighted by atomic mass is 9.63. The van der Waals surface area contributed by atoms with E-state index in [1.165, 1.54) is 6.07 Å². The van der Waals surface area contributed by atoms with Crippen LogP contribution in [0.3, 0.4) is 0 Å².